The Hall–Kier alpha value is -4.30. The Morgan fingerprint density at radius 3 is 2.56 bits per heavy atom. The average Bonchev–Trinajstić information content (AvgIpc) is 3.17. The van der Waals surface area contributed by atoms with Crippen molar-refractivity contribution in [2.45, 2.75) is 26.9 Å². The minimum absolute atomic E-state index is 0.226. The summed E-state index contributed by atoms with van der Waals surface area (Å²) in [5.41, 5.74) is 5.05. The number of aryl methyl sites for hydroxylation is 2. The van der Waals surface area contributed by atoms with Crippen molar-refractivity contribution in [2.75, 3.05) is 19.0 Å². The maximum Gasteiger partial charge on any atom is 0.294 e. The lowest BCUT2D eigenvalue weighted by molar-refractivity contribution is -0.127. The Bertz CT molecular complexity index is 1450. The Morgan fingerprint density at radius 2 is 1.85 bits per heavy atom. The molecule has 1 fully saturated rings. The van der Waals surface area contributed by atoms with Crippen LogP contribution in [0.5, 0.6) is 11.5 Å². The van der Waals surface area contributed by atoms with Gasteiger partial charge in [0.1, 0.15) is 13.2 Å². The van der Waals surface area contributed by atoms with Gasteiger partial charge in [0.15, 0.2) is 11.5 Å². The molecule has 1 heterocycles. The number of thioether (sulfide) groups is 1. The van der Waals surface area contributed by atoms with Crippen LogP contribution in [-0.4, -0.2) is 35.6 Å². The van der Waals surface area contributed by atoms with E-state index in [0.29, 0.717) is 35.8 Å². The van der Waals surface area contributed by atoms with Crippen LogP contribution in [0.25, 0.3) is 6.08 Å². The molecule has 3 aromatic carbocycles. The first-order chi connectivity index (χ1) is 18.8. The Labute approximate surface area is 232 Å². The minimum Gasteiger partial charge on any atom is -0.493 e. The van der Waals surface area contributed by atoms with Crippen molar-refractivity contribution in [3.05, 3.63) is 106 Å². The smallest absolute Gasteiger partial charge is 0.294 e. The number of carbonyl (C=O) groups excluding carboxylic acids is 3. The van der Waals surface area contributed by atoms with Crippen molar-refractivity contribution >= 4 is 40.6 Å². The zero-order valence-electron chi connectivity index (χ0n) is 22.2. The number of nitrogens with zero attached hydrogens (tertiary/aromatic N) is 1. The molecule has 0 atom stereocenters. The van der Waals surface area contributed by atoms with Gasteiger partial charge in [-0.2, -0.15) is 0 Å². The first-order valence-corrected chi connectivity index (χ1v) is 13.2. The van der Waals surface area contributed by atoms with Gasteiger partial charge < -0.3 is 14.8 Å². The van der Waals surface area contributed by atoms with Crippen molar-refractivity contribution in [3.63, 3.8) is 0 Å². The van der Waals surface area contributed by atoms with Crippen molar-refractivity contribution in [3.8, 4) is 11.5 Å². The summed E-state index contributed by atoms with van der Waals surface area (Å²) in [5, 5.41) is 2.30. The maximum atomic E-state index is 13.1. The summed E-state index contributed by atoms with van der Waals surface area (Å²) >= 11 is 0.801. The van der Waals surface area contributed by atoms with Crippen molar-refractivity contribution in [1.29, 1.82) is 0 Å². The summed E-state index contributed by atoms with van der Waals surface area (Å²) in [4.78, 5) is 39.6. The van der Waals surface area contributed by atoms with Crippen molar-refractivity contribution in [1.82, 2.24) is 4.90 Å². The highest BCUT2D eigenvalue weighted by molar-refractivity contribution is 8.18. The minimum atomic E-state index is -0.519. The number of rotatable bonds is 10. The van der Waals surface area contributed by atoms with Gasteiger partial charge in [-0.05, 0) is 78.6 Å². The summed E-state index contributed by atoms with van der Waals surface area (Å²) in [6, 6.07) is 19.1. The van der Waals surface area contributed by atoms with Crippen LogP contribution in [-0.2, 0) is 22.6 Å². The van der Waals surface area contributed by atoms with Crippen LogP contribution in [0, 0.1) is 13.8 Å². The number of carbonyl (C=O) groups is 3. The number of benzene rings is 3. The van der Waals surface area contributed by atoms with Crippen LogP contribution < -0.4 is 14.8 Å². The fourth-order valence-electron chi connectivity index (χ4n) is 4.11. The largest absolute Gasteiger partial charge is 0.493 e. The van der Waals surface area contributed by atoms with E-state index in [1.165, 1.54) is 0 Å². The molecule has 4 rings (SSSR count). The first kappa shape index (κ1) is 27.7. The van der Waals surface area contributed by atoms with Gasteiger partial charge in [0.2, 0.25) is 5.91 Å². The third-order valence-electron chi connectivity index (χ3n) is 6.10. The molecule has 0 spiro atoms. The lowest BCUT2D eigenvalue weighted by Crippen LogP contribution is -2.36. The Morgan fingerprint density at radius 1 is 1.08 bits per heavy atom. The molecular formula is C31H30N2O5S. The summed E-state index contributed by atoms with van der Waals surface area (Å²) < 4.78 is 11.7. The number of amides is 3. The number of hydrogen-bond acceptors (Lipinski definition) is 6. The SMILES string of the molecule is C=CCc1cc(/C=C2\SC(=O)N(CC(=O)Nc3cc(C)ccc3C)C2=O)cc(OC)c1OCc1ccccc1. The van der Waals surface area contributed by atoms with E-state index in [4.69, 9.17) is 9.47 Å². The lowest BCUT2D eigenvalue weighted by atomic mass is 10.0. The van der Waals surface area contributed by atoms with Gasteiger partial charge in [-0.25, -0.2) is 0 Å². The summed E-state index contributed by atoms with van der Waals surface area (Å²) in [6.07, 6.45) is 3.90. The average molecular weight is 543 g/mol. The molecule has 39 heavy (non-hydrogen) atoms. The highest BCUT2D eigenvalue weighted by Gasteiger charge is 2.36. The summed E-state index contributed by atoms with van der Waals surface area (Å²) in [6.45, 7) is 7.64. The zero-order valence-corrected chi connectivity index (χ0v) is 23.0. The van der Waals surface area contributed by atoms with E-state index in [1.54, 1.807) is 25.3 Å². The number of allylic oxidation sites excluding steroid dienone is 1. The molecule has 0 bridgehead atoms. The summed E-state index contributed by atoms with van der Waals surface area (Å²) in [5.74, 6) is 0.134. The molecule has 1 N–H and O–H groups in total. The third-order valence-corrected chi connectivity index (χ3v) is 7.01. The van der Waals surface area contributed by atoms with E-state index in [0.717, 1.165) is 38.9 Å². The highest BCUT2D eigenvalue weighted by Crippen LogP contribution is 2.37. The summed E-state index contributed by atoms with van der Waals surface area (Å²) in [7, 11) is 1.55. The van der Waals surface area contributed by atoms with Crippen LogP contribution >= 0.6 is 11.8 Å². The molecule has 200 valence electrons. The van der Waals surface area contributed by atoms with Gasteiger partial charge in [0.05, 0.1) is 12.0 Å². The second-order valence-electron chi connectivity index (χ2n) is 9.11. The molecule has 1 aliphatic heterocycles. The lowest BCUT2D eigenvalue weighted by Gasteiger charge is -2.16. The molecule has 0 saturated carbocycles. The standard InChI is InChI=1S/C31H30N2O5S/c1-5-9-24-15-23(16-26(37-4)29(24)38-19-22-10-7-6-8-11-22)17-27-30(35)33(31(36)39-27)18-28(34)32-25-14-20(2)12-13-21(25)3/h5-8,10-17H,1,9,18-19H2,2-4H3,(H,32,34)/b27-17-. The van der Waals surface area contributed by atoms with Gasteiger partial charge in [0.25, 0.3) is 11.1 Å². The van der Waals surface area contributed by atoms with Crippen LogP contribution in [0.3, 0.4) is 0 Å². The number of nitrogens with one attached hydrogen (secondary N) is 1. The number of methoxy groups -OCH3 is 1. The van der Waals surface area contributed by atoms with E-state index < -0.39 is 17.1 Å². The highest BCUT2D eigenvalue weighted by atomic mass is 32.2. The molecule has 0 aromatic heterocycles. The molecule has 0 radical (unpaired) electrons. The molecule has 0 aliphatic carbocycles. The Kier molecular flexibility index (Phi) is 8.88. The van der Waals surface area contributed by atoms with E-state index >= 15 is 0 Å². The van der Waals surface area contributed by atoms with Crippen molar-refractivity contribution < 1.29 is 23.9 Å². The Balaban J connectivity index is 1.53. The monoisotopic (exact) mass is 542 g/mol. The molecule has 8 heteroatoms. The maximum absolute atomic E-state index is 13.1. The van der Waals surface area contributed by atoms with E-state index in [2.05, 4.69) is 11.9 Å². The molecule has 7 nitrogen and oxygen atoms in total. The van der Waals surface area contributed by atoms with Crippen LogP contribution in [0.1, 0.15) is 27.8 Å². The van der Waals surface area contributed by atoms with Gasteiger partial charge in [0, 0.05) is 11.3 Å². The zero-order chi connectivity index (χ0) is 27.9. The van der Waals surface area contributed by atoms with Crippen LogP contribution in [0.4, 0.5) is 10.5 Å². The third kappa shape index (κ3) is 6.78. The van der Waals surface area contributed by atoms with Gasteiger partial charge in [-0.1, -0.05) is 48.5 Å². The second-order valence-corrected chi connectivity index (χ2v) is 10.1. The number of ether oxygens (including phenoxy) is 2. The van der Waals surface area contributed by atoms with Gasteiger partial charge in [-0.15, -0.1) is 6.58 Å². The van der Waals surface area contributed by atoms with Gasteiger partial charge >= 0.3 is 0 Å². The van der Waals surface area contributed by atoms with Crippen LogP contribution in [0.2, 0.25) is 0 Å². The molecule has 3 amide bonds. The van der Waals surface area contributed by atoms with Crippen LogP contribution in [0.15, 0.2) is 78.2 Å². The first-order valence-electron chi connectivity index (χ1n) is 12.4. The fourth-order valence-corrected chi connectivity index (χ4v) is 4.95. The quantitative estimate of drug-likeness (QED) is 0.239. The van der Waals surface area contributed by atoms with E-state index in [-0.39, 0.29) is 11.4 Å². The van der Waals surface area contributed by atoms with Gasteiger partial charge in [-0.3, -0.25) is 19.3 Å². The molecule has 3 aromatic rings. The van der Waals surface area contributed by atoms with E-state index in [1.807, 2.05) is 68.4 Å². The predicted molar refractivity (Wildman–Crippen MR) is 155 cm³/mol. The van der Waals surface area contributed by atoms with E-state index in [9.17, 15) is 14.4 Å². The molecule has 1 aliphatic rings. The van der Waals surface area contributed by atoms with Crippen molar-refractivity contribution in [2.24, 2.45) is 0 Å². The molecular weight excluding hydrogens is 512 g/mol. The number of hydrogen-bond donors (Lipinski definition) is 1. The normalized spacial score (nSPS) is 14.0. The second kappa shape index (κ2) is 12.5. The predicted octanol–water partition coefficient (Wildman–Crippen LogP) is 6.29. The molecule has 0 unspecified atom stereocenters. The number of anilines is 1. The fraction of sp³-hybridized carbons (Fsp3) is 0.194. The number of imide groups is 1. The molecule has 1 saturated heterocycles. The topological polar surface area (TPSA) is 84.9 Å².